The zero-order valence-electron chi connectivity index (χ0n) is 20.5. The molecule has 0 spiro atoms. The van der Waals surface area contributed by atoms with Crippen molar-refractivity contribution in [1.29, 1.82) is 0 Å². The van der Waals surface area contributed by atoms with E-state index in [-0.39, 0.29) is 18.5 Å². The number of carbonyl (C=O) groups excluding carboxylic acids is 2. The van der Waals surface area contributed by atoms with Gasteiger partial charge in [0.1, 0.15) is 24.1 Å². The van der Waals surface area contributed by atoms with Crippen LogP contribution in [0.4, 0.5) is 0 Å². The maximum Gasteiger partial charge on any atom is 0.323 e. The zero-order chi connectivity index (χ0) is 24.6. The summed E-state index contributed by atoms with van der Waals surface area (Å²) in [6.07, 6.45) is 2.02. The van der Waals surface area contributed by atoms with Crippen LogP contribution in [-0.4, -0.2) is 39.7 Å². The number of nitrogens with zero attached hydrogens (tertiary/aromatic N) is 2. The summed E-state index contributed by atoms with van der Waals surface area (Å²) in [5.41, 5.74) is 2.44. The van der Waals surface area contributed by atoms with Crippen LogP contribution in [0.5, 0.6) is 0 Å². The van der Waals surface area contributed by atoms with E-state index in [2.05, 4.69) is 9.88 Å². The summed E-state index contributed by atoms with van der Waals surface area (Å²) in [5.74, 6) is 0.370. The molecular formula is C27H35N3O4. The van der Waals surface area contributed by atoms with E-state index in [4.69, 9.17) is 14.5 Å². The zero-order valence-corrected chi connectivity index (χ0v) is 20.5. The number of benzene rings is 2. The van der Waals surface area contributed by atoms with Crippen LogP contribution in [-0.2, 0) is 39.1 Å². The summed E-state index contributed by atoms with van der Waals surface area (Å²) in [5, 5.41) is 3.28. The van der Waals surface area contributed by atoms with Crippen LogP contribution in [0.2, 0.25) is 0 Å². The molecule has 0 saturated carbocycles. The topological polar surface area (TPSA) is 82.5 Å². The lowest BCUT2D eigenvalue weighted by Crippen LogP contribution is -2.39. The van der Waals surface area contributed by atoms with Gasteiger partial charge in [-0.15, -0.1) is 0 Å². The number of nitrogens with one attached hydrogen (secondary N) is 1. The minimum atomic E-state index is -0.500. The molecule has 7 heteroatoms. The Morgan fingerprint density at radius 3 is 2.47 bits per heavy atom. The average Bonchev–Trinajstić information content (AvgIpc) is 3.12. The fourth-order valence-electron chi connectivity index (χ4n) is 3.73. The minimum absolute atomic E-state index is 0.224. The van der Waals surface area contributed by atoms with Gasteiger partial charge in [-0.05, 0) is 57.9 Å². The summed E-state index contributed by atoms with van der Waals surface area (Å²) in [4.78, 5) is 29.6. The van der Waals surface area contributed by atoms with Crippen molar-refractivity contribution in [1.82, 2.24) is 14.9 Å². The van der Waals surface area contributed by atoms with Crippen molar-refractivity contribution < 1.29 is 19.1 Å². The highest BCUT2D eigenvalue weighted by Crippen LogP contribution is 2.16. The fraction of sp³-hybridized carbons (Fsp3) is 0.444. The van der Waals surface area contributed by atoms with E-state index in [0.29, 0.717) is 32.2 Å². The summed E-state index contributed by atoms with van der Waals surface area (Å²) in [6.45, 7) is 6.28. The first-order chi connectivity index (χ1) is 16.2. The molecule has 0 bridgehead atoms. The van der Waals surface area contributed by atoms with E-state index in [1.807, 2.05) is 82.4 Å². The molecule has 0 radical (unpaired) electrons. The maximum atomic E-state index is 12.9. The smallest absolute Gasteiger partial charge is 0.323 e. The maximum absolute atomic E-state index is 12.9. The summed E-state index contributed by atoms with van der Waals surface area (Å²) >= 11 is 0. The molecule has 34 heavy (non-hydrogen) atoms. The van der Waals surface area contributed by atoms with E-state index >= 15 is 0 Å². The van der Waals surface area contributed by atoms with Gasteiger partial charge in [0.15, 0.2) is 0 Å². The van der Waals surface area contributed by atoms with Crippen molar-refractivity contribution in [2.45, 2.75) is 64.7 Å². The lowest BCUT2D eigenvalue weighted by molar-refractivity contribution is -0.154. The molecule has 0 unspecified atom stereocenters. The van der Waals surface area contributed by atoms with E-state index in [1.54, 1.807) is 0 Å². The number of fused-ring (bicyclic) bond motifs is 1. The highest BCUT2D eigenvalue weighted by atomic mass is 16.6. The average molecular weight is 466 g/mol. The number of ether oxygens (including phenoxy) is 2. The number of imidazole rings is 1. The number of hydrogen-bond donors (Lipinski definition) is 1. The van der Waals surface area contributed by atoms with Gasteiger partial charge in [0, 0.05) is 19.9 Å². The molecule has 0 fully saturated rings. The van der Waals surface area contributed by atoms with Crippen molar-refractivity contribution in [3.63, 3.8) is 0 Å². The molecule has 7 nitrogen and oxygen atoms in total. The van der Waals surface area contributed by atoms with Gasteiger partial charge in [-0.1, -0.05) is 42.5 Å². The Hall–Kier alpha value is -3.19. The largest absolute Gasteiger partial charge is 0.460 e. The van der Waals surface area contributed by atoms with Crippen LogP contribution in [0.3, 0.4) is 0 Å². The third-order valence-electron chi connectivity index (χ3n) is 5.41. The molecule has 1 heterocycles. The molecule has 0 aliphatic carbocycles. The third kappa shape index (κ3) is 7.70. The molecule has 2 aromatic carbocycles. The van der Waals surface area contributed by atoms with Gasteiger partial charge >= 0.3 is 11.9 Å². The number of hydrogen-bond acceptors (Lipinski definition) is 6. The number of aromatic nitrogens is 2. The Labute approximate surface area is 201 Å². The van der Waals surface area contributed by atoms with Crippen LogP contribution >= 0.6 is 0 Å². The first-order valence-electron chi connectivity index (χ1n) is 11.8. The highest BCUT2D eigenvalue weighted by Gasteiger charge is 2.22. The molecule has 0 aliphatic heterocycles. The van der Waals surface area contributed by atoms with Crippen molar-refractivity contribution in [3.05, 3.63) is 66.0 Å². The second-order valence-electron chi connectivity index (χ2n) is 9.40. The monoisotopic (exact) mass is 465 g/mol. The minimum Gasteiger partial charge on any atom is -0.460 e. The normalized spacial score (nSPS) is 12.5. The molecule has 3 aromatic rings. The number of carbonyl (C=O) groups is 2. The quantitative estimate of drug-likeness (QED) is 0.335. The SMILES string of the molecule is Cn1c(CC[C@H](NCCCC(=O)OC(C)(C)C)C(=O)OCc2ccccc2)nc2ccccc21. The van der Waals surface area contributed by atoms with Gasteiger partial charge < -0.3 is 19.4 Å². The number of rotatable bonds is 11. The van der Waals surface area contributed by atoms with Crippen molar-refractivity contribution in [3.8, 4) is 0 Å². The molecule has 182 valence electrons. The lowest BCUT2D eigenvalue weighted by atomic mass is 10.1. The van der Waals surface area contributed by atoms with Gasteiger partial charge in [0.2, 0.25) is 0 Å². The number of aryl methyl sites for hydroxylation is 2. The second-order valence-corrected chi connectivity index (χ2v) is 9.40. The Kier molecular flexibility index (Phi) is 8.82. The first kappa shape index (κ1) is 25.4. The molecule has 0 aliphatic rings. The molecule has 0 saturated heterocycles. The molecule has 1 N–H and O–H groups in total. The molecule has 1 aromatic heterocycles. The van der Waals surface area contributed by atoms with Crippen molar-refractivity contribution >= 4 is 23.0 Å². The molecular weight excluding hydrogens is 430 g/mol. The third-order valence-corrected chi connectivity index (χ3v) is 5.41. The predicted molar refractivity (Wildman–Crippen MR) is 132 cm³/mol. The lowest BCUT2D eigenvalue weighted by Gasteiger charge is -2.20. The van der Waals surface area contributed by atoms with Crippen LogP contribution in [0.1, 0.15) is 51.4 Å². The summed E-state index contributed by atoms with van der Waals surface area (Å²) in [6, 6.07) is 17.1. The highest BCUT2D eigenvalue weighted by molar-refractivity contribution is 5.77. The van der Waals surface area contributed by atoms with Crippen LogP contribution in [0.25, 0.3) is 11.0 Å². The van der Waals surface area contributed by atoms with Crippen LogP contribution in [0, 0.1) is 0 Å². The van der Waals surface area contributed by atoms with Gasteiger partial charge in [-0.2, -0.15) is 0 Å². The Balaban J connectivity index is 1.58. The second kappa shape index (κ2) is 11.8. The van der Waals surface area contributed by atoms with Crippen LogP contribution in [0.15, 0.2) is 54.6 Å². The van der Waals surface area contributed by atoms with Gasteiger partial charge in [-0.3, -0.25) is 9.59 Å². The van der Waals surface area contributed by atoms with Gasteiger partial charge in [-0.25, -0.2) is 4.98 Å². The Morgan fingerprint density at radius 1 is 1.06 bits per heavy atom. The van der Waals surface area contributed by atoms with E-state index < -0.39 is 11.6 Å². The molecule has 1 atom stereocenters. The van der Waals surface area contributed by atoms with Crippen molar-refractivity contribution in [2.24, 2.45) is 7.05 Å². The van der Waals surface area contributed by atoms with Gasteiger partial charge in [0.05, 0.1) is 11.0 Å². The first-order valence-corrected chi connectivity index (χ1v) is 11.8. The predicted octanol–water partition coefficient (Wildman–Crippen LogP) is 4.33. The van der Waals surface area contributed by atoms with E-state index in [1.165, 1.54) is 0 Å². The van der Waals surface area contributed by atoms with Gasteiger partial charge in [0.25, 0.3) is 0 Å². The number of para-hydroxylation sites is 2. The Morgan fingerprint density at radius 2 is 1.76 bits per heavy atom. The van der Waals surface area contributed by atoms with E-state index in [0.717, 1.165) is 22.4 Å². The standard InChI is InChI=1S/C27H35N3O4/c1-27(2,3)34-25(31)15-10-18-28-22(26(32)33-19-20-11-6-5-7-12-20)16-17-24-29-21-13-8-9-14-23(21)30(24)4/h5-9,11-14,22,28H,10,15-19H2,1-4H3/t22-/m0/s1. The molecule has 0 amide bonds. The van der Waals surface area contributed by atoms with E-state index in [9.17, 15) is 9.59 Å². The molecule has 3 rings (SSSR count). The van der Waals surface area contributed by atoms with Crippen LogP contribution < -0.4 is 5.32 Å². The van der Waals surface area contributed by atoms with Crippen molar-refractivity contribution in [2.75, 3.05) is 6.54 Å². The number of esters is 2. The fourth-order valence-corrected chi connectivity index (χ4v) is 3.73. The Bertz CT molecular complexity index is 1090. The summed E-state index contributed by atoms with van der Waals surface area (Å²) in [7, 11) is 1.99. The summed E-state index contributed by atoms with van der Waals surface area (Å²) < 4.78 is 13.0.